The van der Waals surface area contributed by atoms with Gasteiger partial charge in [0.2, 0.25) is 6.29 Å². The van der Waals surface area contributed by atoms with Crippen LogP contribution in [0.4, 0.5) is 5.82 Å². The van der Waals surface area contributed by atoms with Gasteiger partial charge in [0.25, 0.3) is 0 Å². The molecule has 0 aliphatic carbocycles. The Balaban J connectivity index is 2.14. The van der Waals surface area contributed by atoms with Gasteiger partial charge in [-0.3, -0.25) is 9.09 Å². The highest BCUT2D eigenvalue weighted by Gasteiger charge is 2.51. The van der Waals surface area contributed by atoms with E-state index in [1.54, 1.807) is 0 Å². The molecule has 2 heterocycles. The summed E-state index contributed by atoms with van der Waals surface area (Å²) in [7, 11) is -10.6. The fraction of sp³-hybridized carbons (Fsp3) is 0.733. The number of aromatic nitrogens is 2. The summed E-state index contributed by atoms with van der Waals surface area (Å²) in [5.41, 5.74) is -0.884. The van der Waals surface area contributed by atoms with Gasteiger partial charge < -0.3 is 39.8 Å². The molecule has 7 N–H and O–H groups in total. The topological polar surface area (TPSA) is 239 Å². The first-order valence-electron chi connectivity index (χ1n) is 9.81. The Bertz CT molecular complexity index is 919. The highest BCUT2D eigenvalue weighted by atomic mass is 31.2. The van der Waals surface area contributed by atoms with Gasteiger partial charge in [0.1, 0.15) is 24.1 Å². The van der Waals surface area contributed by atoms with Gasteiger partial charge in [-0.25, -0.2) is 13.9 Å². The first-order valence-corrected chi connectivity index (χ1v) is 12.9. The fourth-order valence-electron chi connectivity index (χ4n) is 2.98. The first kappa shape index (κ1) is 28.0. The summed E-state index contributed by atoms with van der Waals surface area (Å²) < 4.78 is 36.0. The quantitative estimate of drug-likeness (QED) is 0.0562. The van der Waals surface area contributed by atoms with Gasteiger partial charge in [0.05, 0.1) is 0 Å². The smallest absolute Gasteiger partial charge is 0.387 e. The molecule has 1 aromatic rings. The van der Waals surface area contributed by atoms with E-state index in [0.717, 1.165) is 30.3 Å². The summed E-state index contributed by atoms with van der Waals surface area (Å²) in [6.45, 7) is 2.66. The number of phosphoric acid groups is 2. The van der Waals surface area contributed by atoms with E-state index in [-0.39, 0.29) is 5.82 Å². The number of nitrogens with one attached hydrogen (secondary N) is 1. The number of nitrogens with zero attached hydrogens (tertiary/aromatic N) is 2. The van der Waals surface area contributed by atoms with Crippen LogP contribution in [0, 0.1) is 0 Å². The van der Waals surface area contributed by atoms with Crippen LogP contribution >= 0.6 is 15.6 Å². The number of phosphoric ester groups is 1. The van der Waals surface area contributed by atoms with Crippen molar-refractivity contribution < 1.29 is 57.7 Å². The van der Waals surface area contributed by atoms with Crippen LogP contribution in [0.25, 0.3) is 0 Å². The molecule has 1 aliphatic heterocycles. The molecule has 1 aromatic heterocycles. The van der Waals surface area contributed by atoms with Crippen molar-refractivity contribution in [3.05, 3.63) is 22.7 Å². The number of anilines is 1. The molecule has 2 rings (SSSR count). The molecule has 16 nitrogen and oxygen atoms in total. The molecule has 5 atom stereocenters. The molecule has 0 bridgehead atoms. The number of aliphatic hydroxyl groups excluding tert-OH is 2. The van der Waals surface area contributed by atoms with Crippen LogP contribution in [0.2, 0.25) is 0 Å². The Morgan fingerprint density at radius 2 is 1.85 bits per heavy atom. The largest absolute Gasteiger partial charge is 0.496 e. The third-order valence-corrected chi connectivity index (χ3v) is 5.22. The van der Waals surface area contributed by atoms with Crippen molar-refractivity contribution in [3.63, 3.8) is 0 Å². The molecule has 1 fully saturated rings. The van der Waals surface area contributed by atoms with Crippen molar-refractivity contribution in [1.29, 1.82) is 0 Å². The summed E-state index contributed by atoms with van der Waals surface area (Å²) in [5.74, 6) is 0.262. The van der Waals surface area contributed by atoms with Crippen molar-refractivity contribution in [2.75, 3.05) is 11.9 Å². The zero-order valence-corrected chi connectivity index (χ0v) is 19.2. The molecule has 0 aromatic carbocycles. The average Bonchev–Trinajstić information content (AvgIpc) is 2.98. The van der Waals surface area contributed by atoms with Crippen molar-refractivity contribution in [1.82, 2.24) is 9.55 Å². The van der Waals surface area contributed by atoms with E-state index in [1.165, 1.54) is 12.3 Å². The van der Waals surface area contributed by atoms with Gasteiger partial charge in [0, 0.05) is 12.7 Å². The summed E-state index contributed by atoms with van der Waals surface area (Å²) in [5, 5.41) is 23.5. The molecule has 0 amide bonds. The van der Waals surface area contributed by atoms with E-state index in [4.69, 9.17) is 24.3 Å². The zero-order chi connectivity index (χ0) is 24.8. The molecule has 1 saturated heterocycles. The maximum atomic E-state index is 12.4. The second kappa shape index (κ2) is 11.9. The van der Waals surface area contributed by atoms with Crippen LogP contribution in [0.3, 0.4) is 0 Å². The average molecular weight is 519 g/mol. The van der Waals surface area contributed by atoms with E-state index >= 15 is 0 Å². The lowest BCUT2D eigenvalue weighted by molar-refractivity contribution is -0.338. The predicted molar refractivity (Wildman–Crippen MR) is 108 cm³/mol. The lowest BCUT2D eigenvalue weighted by Gasteiger charge is -2.24. The molecular formula is C15H27N3O13P2. The molecule has 1 aliphatic rings. The third kappa shape index (κ3) is 8.79. The van der Waals surface area contributed by atoms with Crippen molar-refractivity contribution in [2.45, 2.75) is 63.4 Å². The minimum Gasteiger partial charge on any atom is -0.387 e. The molecule has 0 spiro atoms. The number of rotatable bonds is 13. The van der Waals surface area contributed by atoms with Crippen molar-refractivity contribution >= 4 is 21.5 Å². The highest BCUT2D eigenvalue weighted by molar-refractivity contribution is 7.46. The summed E-state index contributed by atoms with van der Waals surface area (Å²) >= 11 is 0. The minimum atomic E-state index is -5.35. The molecule has 33 heavy (non-hydrogen) atoms. The Kier molecular flexibility index (Phi) is 10.1. The minimum absolute atomic E-state index is 0.262. The summed E-state index contributed by atoms with van der Waals surface area (Å²) in [4.78, 5) is 55.8. The van der Waals surface area contributed by atoms with Gasteiger partial charge in [-0.05, 0) is 12.5 Å². The second-order valence-corrected chi connectivity index (χ2v) is 9.41. The van der Waals surface area contributed by atoms with Gasteiger partial charge in [-0.15, -0.1) is 4.67 Å². The maximum Gasteiger partial charge on any atom is 0.496 e. The molecule has 0 radical (unpaired) electrons. The number of ether oxygens (including phenoxy) is 1. The van der Waals surface area contributed by atoms with Crippen LogP contribution in [-0.4, -0.2) is 70.5 Å². The zero-order valence-electron chi connectivity index (χ0n) is 17.4. The Morgan fingerprint density at radius 3 is 2.42 bits per heavy atom. The van der Waals surface area contributed by atoms with Crippen LogP contribution < -0.4 is 11.0 Å². The van der Waals surface area contributed by atoms with E-state index in [0.29, 0.717) is 6.54 Å². The normalized spacial score (nSPS) is 24.7. The van der Waals surface area contributed by atoms with Crippen molar-refractivity contribution in [2.24, 2.45) is 0 Å². The Labute approximate surface area is 187 Å². The van der Waals surface area contributed by atoms with Gasteiger partial charge in [-0.1, -0.05) is 26.2 Å². The van der Waals surface area contributed by atoms with E-state index in [2.05, 4.69) is 31.3 Å². The fourth-order valence-corrected chi connectivity index (χ4v) is 3.60. The highest BCUT2D eigenvalue weighted by Crippen LogP contribution is 2.44. The lowest BCUT2D eigenvalue weighted by Crippen LogP contribution is -2.41. The molecule has 1 unspecified atom stereocenters. The summed E-state index contributed by atoms with van der Waals surface area (Å²) in [6, 6.07) is 1.41. The maximum absolute atomic E-state index is 12.4. The van der Waals surface area contributed by atoms with Crippen LogP contribution in [0.15, 0.2) is 17.1 Å². The predicted octanol–water partition coefficient (Wildman–Crippen LogP) is -0.669. The lowest BCUT2D eigenvalue weighted by atomic mass is 10.1. The van der Waals surface area contributed by atoms with Crippen LogP contribution in [-0.2, 0) is 28.0 Å². The SMILES string of the molecule is CCCCCCNc1ccn([C@@H]2O[C@H](C(OOP(=O)(O)O)OP(=O)(O)O)[C@@H](O)[C@H]2O)c(=O)n1. The van der Waals surface area contributed by atoms with Crippen LogP contribution in [0.1, 0.15) is 38.8 Å². The number of unbranched alkanes of at least 4 members (excludes halogenated alkanes) is 3. The molecule has 190 valence electrons. The second-order valence-electron chi connectivity index (χ2n) is 7.09. The van der Waals surface area contributed by atoms with E-state index in [9.17, 15) is 24.1 Å². The van der Waals surface area contributed by atoms with Gasteiger partial charge in [-0.2, -0.15) is 9.87 Å². The monoisotopic (exact) mass is 519 g/mol. The standard InChI is InChI=1S/C15H27N3O13P2/c1-2-3-4-5-7-16-9-6-8-18(15(21)17-9)13-11(20)10(19)12(28-13)14(30-32(22,23)24)29-31-33(25,26)27/h6,8,10-14,19-20H,2-5,7H2,1H3,(H,16,17,21)(H2,22,23,24)(H2,25,26,27)/t10-,11+,12-,13+,14?/m0/s1. The molecule has 0 saturated carbocycles. The number of hydrogen-bond acceptors (Lipinski definition) is 11. The van der Waals surface area contributed by atoms with Crippen LogP contribution in [0.5, 0.6) is 0 Å². The van der Waals surface area contributed by atoms with Crippen molar-refractivity contribution in [3.8, 4) is 0 Å². The van der Waals surface area contributed by atoms with E-state index in [1.807, 2.05) is 0 Å². The first-order chi connectivity index (χ1) is 15.3. The van der Waals surface area contributed by atoms with Gasteiger partial charge >= 0.3 is 21.3 Å². The van der Waals surface area contributed by atoms with E-state index < -0.39 is 52.2 Å². The Morgan fingerprint density at radius 1 is 1.15 bits per heavy atom. The molecule has 18 heteroatoms. The number of hydrogen-bond donors (Lipinski definition) is 7. The molecular weight excluding hydrogens is 492 g/mol. The van der Waals surface area contributed by atoms with Gasteiger partial charge in [0.15, 0.2) is 6.23 Å². The Hall–Kier alpha value is -1.26. The third-order valence-electron chi connectivity index (χ3n) is 4.46. The summed E-state index contributed by atoms with van der Waals surface area (Å²) in [6.07, 6.45) is -4.54. The number of aliphatic hydroxyl groups is 2.